The molecule has 1 fully saturated rings. The minimum Gasteiger partial charge on any atom is -0.497 e. The monoisotopic (exact) mass is 625 g/mol. The quantitative estimate of drug-likeness (QED) is 0.174. The van der Waals surface area contributed by atoms with E-state index in [0.717, 1.165) is 17.5 Å². The number of benzene rings is 2. The highest BCUT2D eigenvalue weighted by molar-refractivity contribution is 5.92. The molecule has 0 radical (unpaired) electrons. The second-order valence-electron chi connectivity index (χ2n) is 11.2. The second-order valence-corrected chi connectivity index (χ2v) is 11.2. The van der Waals surface area contributed by atoms with E-state index in [9.17, 15) is 24.3 Å². The minimum atomic E-state index is -1.50. The SMILES string of the molecule is CCCCC(NC(=O)[C@H](Cc1ccc(OC)cc1)NC(=O)[C@H](C)NC(=O)CN1CCOCC1)C(O)C(=O)NCc1ccccc1. The lowest BCUT2D eigenvalue weighted by molar-refractivity contribution is -0.134. The summed E-state index contributed by atoms with van der Waals surface area (Å²) in [6, 6.07) is 13.6. The molecule has 12 heteroatoms. The predicted molar refractivity (Wildman–Crippen MR) is 169 cm³/mol. The Bertz CT molecular complexity index is 1220. The van der Waals surface area contributed by atoms with Gasteiger partial charge >= 0.3 is 0 Å². The first-order valence-corrected chi connectivity index (χ1v) is 15.5. The summed E-state index contributed by atoms with van der Waals surface area (Å²) in [5, 5.41) is 22.0. The van der Waals surface area contributed by atoms with Crippen molar-refractivity contribution in [2.75, 3.05) is 40.0 Å². The van der Waals surface area contributed by atoms with Crippen LogP contribution in [0.25, 0.3) is 0 Å². The Hall–Kier alpha value is -4.00. The average molecular weight is 626 g/mol. The van der Waals surface area contributed by atoms with Crippen LogP contribution in [0, 0.1) is 0 Å². The van der Waals surface area contributed by atoms with Gasteiger partial charge in [-0.25, -0.2) is 0 Å². The maximum Gasteiger partial charge on any atom is 0.251 e. The van der Waals surface area contributed by atoms with Crippen LogP contribution in [-0.2, 0) is 36.9 Å². The summed E-state index contributed by atoms with van der Waals surface area (Å²) in [5.74, 6) is -1.36. The molecule has 2 unspecified atom stereocenters. The number of hydrogen-bond acceptors (Lipinski definition) is 8. The third-order valence-electron chi connectivity index (χ3n) is 7.63. The van der Waals surface area contributed by atoms with Crippen molar-refractivity contribution in [2.45, 2.75) is 70.3 Å². The van der Waals surface area contributed by atoms with Crippen molar-refractivity contribution in [1.29, 1.82) is 0 Å². The molecule has 4 atom stereocenters. The summed E-state index contributed by atoms with van der Waals surface area (Å²) in [6.07, 6.45) is 0.445. The van der Waals surface area contributed by atoms with E-state index in [4.69, 9.17) is 9.47 Å². The molecule has 0 aromatic heterocycles. The van der Waals surface area contributed by atoms with Crippen LogP contribution in [0.3, 0.4) is 0 Å². The van der Waals surface area contributed by atoms with E-state index in [1.807, 2.05) is 42.2 Å². The Kier molecular flexibility index (Phi) is 14.8. The number of amides is 4. The van der Waals surface area contributed by atoms with Crippen LogP contribution in [0.5, 0.6) is 5.75 Å². The third-order valence-corrected chi connectivity index (χ3v) is 7.63. The zero-order valence-electron chi connectivity index (χ0n) is 26.4. The van der Waals surface area contributed by atoms with Gasteiger partial charge in [0.2, 0.25) is 17.7 Å². The smallest absolute Gasteiger partial charge is 0.251 e. The summed E-state index contributed by atoms with van der Waals surface area (Å²) in [4.78, 5) is 54.4. The maximum atomic E-state index is 13.7. The Labute approximate surface area is 265 Å². The molecule has 12 nitrogen and oxygen atoms in total. The Morgan fingerprint density at radius 2 is 1.60 bits per heavy atom. The second kappa shape index (κ2) is 18.7. The van der Waals surface area contributed by atoms with Crippen LogP contribution in [-0.4, -0.2) is 97.8 Å². The van der Waals surface area contributed by atoms with Gasteiger partial charge in [0, 0.05) is 26.1 Å². The van der Waals surface area contributed by atoms with Gasteiger partial charge in [-0.1, -0.05) is 62.2 Å². The zero-order valence-corrected chi connectivity index (χ0v) is 26.4. The summed E-state index contributed by atoms with van der Waals surface area (Å²) >= 11 is 0. The van der Waals surface area contributed by atoms with Crippen LogP contribution in [0.2, 0.25) is 0 Å². The number of unbranched alkanes of at least 4 members (excludes halogenated alkanes) is 1. The van der Waals surface area contributed by atoms with Gasteiger partial charge < -0.3 is 35.8 Å². The number of aliphatic hydroxyl groups is 1. The van der Waals surface area contributed by atoms with Crippen molar-refractivity contribution in [2.24, 2.45) is 0 Å². The normalized spacial score (nSPS) is 16.0. The third kappa shape index (κ3) is 12.1. The summed E-state index contributed by atoms with van der Waals surface area (Å²) < 4.78 is 10.5. The van der Waals surface area contributed by atoms with E-state index in [-0.39, 0.29) is 25.4 Å². The molecular formula is C33H47N5O7. The number of nitrogens with zero attached hydrogens (tertiary/aromatic N) is 1. The molecule has 3 rings (SSSR count). The van der Waals surface area contributed by atoms with Crippen molar-refractivity contribution in [3.8, 4) is 5.75 Å². The van der Waals surface area contributed by atoms with Gasteiger partial charge in [0.1, 0.15) is 17.8 Å². The number of carbonyl (C=O) groups is 4. The fourth-order valence-corrected chi connectivity index (χ4v) is 4.91. The highest BCUT2D eigenvalue weighted by atomic mass is 16.5. The zero-order chi connectivity index (χ0) is 32.6. The first-order valence-electron chi connectivity index (χ1n) is 15.5. The molecule has 1 aliphatic rings. The predicted octanol–water partition coefficient (Wildman–Crippen LogP) is 0.912. The molecular weight excluding hydrogens is 578 g/mol. The lowest BCUT2D eigenvalue weighted by atomic mass is 10.0. The van der Waals surface area contributed by atoms with Crippen LogP contribution < -0.4 is 26.0 Å². The van der Waals surface area contributed by atoms with Gasteiger partial charge in [0.05, 0.1) is 32.9 Å². The molecule has 1 heterocycles. The summed E-state index contributed by atoms with van der Waals surface area (Å²) in [6.45, 7) is 6.27. The lowest BCUT2D eigenvalue weighted by Gasteiger charge is -2.28. The van der Waals surface area contributed by atoms with Crippen LogP contribution >= 0.6 is 0 Å². The van der Waals surface area contributed by atoms with Gasteiger partial charge in [-0.05, 0) is 36.6 Å². The van der Waals surface area contributed by atoms with Crippen molar-refractivity contribution >= 4 is 23.6 Å². The molecule has 45 heavy (non-hydrogen) atoms. The number of methoxy groups -OCH3 is 1. The van der Waals surface area contributed by atoms with E-state index in [0.29, 0.717) is 44.9 Å². The molecule has 0 saturated carbocycles. The number of rotatable bonds is 17. The molecule has 0 spiro atoms. The average Bonchev–Trinajstić information content (AvgIpc) is 3.05. The Morgan fingerprint density at radius 3 is 2.24 bits per heavy atom. The van der Waals surface area contributed by atoms with Gasteiger partial charge in [0.15, 0.2) is 6.10 Å². The van der Waals surface area contributed by atoms with Gasteiger partial charge in [-0.15, -0.1) is 0 Å². The topological polar surface area (TPSA) is 158 Å². The van der Waals surface area contributed by atoms with E-state index < -0.39 is 42.0 Å². The minimum absolute atomic E-state index is 0.132. The van der Waals surface area contributed by atoms with E-state index in [1.54, 1.807) is 38.3 Å². The molecule has 246 valence electrons. The Balaban J connectivity index is 1.69. The van der Waals surface area contributed by atoms with Gasteiger partial charge in [0.25, 0.3) is 5.91 Å². The highest BCUT2D eigenvalue weighted by Gasteiger charge is 2.31. The summed E-state index contributed by atoms with van der Waals surface area (Å²) in [7, 11) is 1.55. The van der Waals surface area contributed by atoms with E-state index in [2.05, 4.69) is 21.3 Å². The number of morpholine rings is 1. The molecule has 0 bridgehead atoms. The number of carbonyl (C=O) groups excluding carboxylic acids is 4. The van der Waals surface area contributed by atoms with Gasteiger partial charge in [-0.3, -0.25) is 24.1 Å². The molecule has 1 aliphatic heterocycles. The lowest BCUT2D eigenvalue weighted by Crippen LogP contribution is -2.58. The van der Waals surface area contributed by atoms with E-state index in [1.165, 1.54) is 0 Å². The number of hydrogen-bond donors (Lipinski definition) is 5. The molecule has 0 aliphatic carbocycles. The molecule has 2 aromatic rings. The van der Waals surface area contributed by atoms with Crippen LogP contribution in [0.1, 0.15) is 44.2 Å². The van der Waals surface area contributed by atoms with E-state index >= 15 is 0 Å². The molecule has 1 saturated heterocycles. The van der Waals surface area contributed by atoms with Crippen molar-refractivity contribution in [3.63, 3.8) is 0 Å². The summed E-state index contributed by atoms with van der Waals surface area (Å²) in [5.41, 5.74) is 1.63. The fraction of sp³-hybridized carbons (Fsp3) is 0.515. The number of aliphatic hydroxyl groups excluding tert-OH is 1. The van der Waals surface area contributed by atoms with Crippen molar-refractivity contribution in [1.82, 2.24) is 26.2 Å². The van der Waals surface area contributed by atoms with Crippen LogP contribution in [0.4, 0.5) is 0 Å². The highest BCUT2D eigenvalue weighted by Crippen LogP contribution is 2.14. The number of nitrogens with one attached hydrogen (secondary N) is 4. The molecule has 2 aromatic carbocycles. The Morgan fingerprint density at radius 1 is 0.911 bits per heavy atom. The maximum absolute atomic E-state index is 13.7. The van der Waals surface area contributed by atoms with Crippen LogP contribution in [0.15, 0.2) is 54.6 Å². The number of ether oxygens (including phenoxy) is 2. The van der Waals surface area contributed by atoms with Gasteiger partial charge in [-0.2, -0.15) is 0 Å². The molecule has 5 N–H and O–H groups in total. The van der Waals surface area contributed by atoms with Crippen molar-refractivity contribution < 1.29 is 33.8 Å². The first kappa shape index (κ1) is 35.5. The van der Waals surface area contributed by atoms with Crippen molar-refractivity contribution in [3.05, 3.63) is 65.7 Å². The first-order chi connectivity index (χ1) is 21.7. The standard InChI is InChI=1S/C33H47N5O7/c1-4-5-11-27(30(40)33(43)34-21-25-9-7-6-8-10-25)36-32(42)28(20-24-12-14-26(44-3)15-13-24)37-31(41)23(2)35-29(39)22-38-16-18-45-19-17-38/h6-10,12-15,23,27-28,30,40H,4-5,11,16-22H2,1-3H3,(H,34,43)(H,35,39)(H,36,42)(H,37,41)/t23-,27?,28-,30?/m0/s1. The fourth-order valence-electron chi connectivity index (χ4n) is 4.91. The largest absolute Gasteiger partial charge is 0.497 e. The molecule has 4 amide bonds.